The molecule has 0 radical (unpaired) electrons. The minimum Gasteiger partial charge on any atom is -0.465 e. The number of amides is 1. The number of nitrogens with one attached hydrogen (secondary N) is 1. The lowest BCUT2D eigenvalue weighted by molar-refractivity contribution is 0.126. The van der Waals surface area contributed by atoms with Crippen molar-refractivity contribution in [3.05, 3.63) is 18.0 Å². The summed E-state index contributed by atoms with van der Waals surface area (Å²) >= 11 is 0. The van der Waals surface area contributed by atoms with E-state index in [0.717, 1.165) is 25.1 Å². The molecule has 6 nitrogen and oxygen atoms in total. The van der Waals surface area contributed by atoms with Gasteiger partial charge >= 0.3 is 6.09 Å². The van der Waals surface area contributed by atoms with Crippen LogP contribution in [0.15, 0.2) is 12.3 Å². The fourth-order valence-corrected chi connectivity index (χ4v) is 2.10. The van der Waals surface area contributed by atoms with Crippen molar-refractivity contribution in [2.75, 3.05) is 25.0 Å². The Kier molecular flexibility index (Phi) is 3.96. The maximum absolute atomic E-state index is 10.8. The van der Waals surface area contributed by atoms with Gasteiger partial charge in [-0.3, -0.25) is 0 Å². The summed E-state index contributed by atoms with van der Waals surface area (Å²) in [6, 6.07) is 1.86. The predicted octanol–water partition coefficient (Wildman–Crippen LogP) is 1.59. The lowest BCUT2D eigenvalue weighted by Crippen LogP contribution is -2.39. The van der Waals surface area contributed by atoms with Gasteiger partial charge in [-0.2, -0.15) is 0 Å². The normalized spacial score (nSPS) is 16.6. The molecule has 1 aliphatic rings. The lowest BCUT2D eigenvalue weighted by atomic mass is 9.97. The Morgan fingerprint density at radius 2 is 2.28 bits per heavy atom. The van der Waals surface area contributed by atoms with Gasteiger partial charge in [-0.15, -0.1) is 0 Å². The number of hydrogen-bond acceptors (Lipinski definition) is 4. The van der Waals surface area contributed by atoms with Gasteiger partial charge in [0.2, 0.25) is 5.95 Å². The topological polar surface area (TPSA) is 78.4 Å². The van der Waals surface area contributed by atoms with E-state index in [1.54, 1.807) is 6.20 Å². The molecule has 1 fully saturated rings. The van der Waals surface area contributed by atoms with Crippen molar-refractivity contribution in [3.63, 3.8) is 0 Å². The number of hydrogen-bond donors (Lipinski definition) is 2. The van der Waals surface area contributed by atoms with E-state index >= 15 is 0 Å². The molecule has 6 heteroatoms. The summed E-state index contributed by atoms with van der Waals surface area (Å²) < 4.78 is 0. The number of nitrogens with zero attached hydrogens (tertiary/aromatic N) is 3. The number of rotatable bonds is 3. The van der Waals surface area contributed by atoms with Gasteiger partial charge in [-0.25, -0.2) is 14.8 Å². The third-order valence-electron chi connectivity index (χ3n) is 3.23. The standard InChI is InChI=1S/C12H18N4O2/c1-9-2-5-13-11(15-9)14-8-10-3-6-16(7-4-10)12(17)18/h2,5,10H,3-4,6-8H2,1H3,(H,17,18)(H,13,14,15). The van der Waals surface area contributed by atoms with Crippen molar-refractivity contribution in [2.24, 2.45) is 5.92 Å². The molecule has 0 spiro atoms. The van der Waals surface area contributed by atoms with Gasteiger partial charge in [-0.05, 0) is 31.7 Å². The molecule has 0 aromatic carbocycles. The highest BCUT2D eigenvalue weighted by Crippen LogP contribution is 2.17. The second kappa shape index (κ2) is 5.66. The van der Waals surface area contributed by atoms with Crippen LogP contribution in [0, 0.1) is 12.8 Å². The van der Waals surface area contributed by atoms with Crippen LogP contribution in [0.2, 0.25) is 0 Å². The number of carbonyl (C=O) groups is 1. The van der Waals surface area contributed by atoms with E-state index in [1.807, 2.05) is 13.0 Å². The van der Waals surface area contributed by atoms with Crippen LogP contribution in [0.3, 0.4) is 0 Å². The van der Waals surface area contributed by atoms with Crippen molar-refractivity contribution >= 4 is 12.0 Å². The van der Waals surface area contributed by atoms with Crippen LogP contribution in [0.1, 0.15) is 18.5 Å². The summed E-state index contributed by atoms with van der Waals surface area (Å²) in [5.41, 5.74) is 0.938. The Morgan fingerprint density at radius 1 is 1.56 bits per heavy atom. The highest BCUT2D eigenvalue weighted by Gasteiger charge is 2.22. The molecule has 0 aliphatic carbocycles. The molecule has 1 aliphatic heterocycles. The first-order valence-corrected chi connectivity index (χ1v) is 6.16. The molecule has 1 aromatic heterocycles. The van der Waals surface area contributed by atoms with Gasteiger partial charge in [0.15, 0.2) is 0 Å². The largest absolute Gasteiger partial charge is 0.465 e. The molecule has 2 N–H and O–H groups in total. The van der Waals surface area contributed by atoms with Gasteiger partial charge in [0.05, 0.1) is 0 Å². The highest BCUT2D eigenvalue weighted by atomic mass is 16.4. The lowest BCUT2D eigenvalue weighted by Gasteiger charge is -2.29. The maximum Gasteiger partial charge on any atom is 0.407 e. The molecule has 0 atom stereocenters. The van der Waals surface area contributed by atoms with Crippen molar-refractivity contribution < 1.29 is 9.90 Å². The fraction of sp³-hybridized carbons (Fsp3) is 0.583. The molecule has 98 valence electrons. The average Bonchev–Trinajstić information content (AvgIpc) is 2.37. The number of piperidine rings is 1. The minimum atomic E-state index is -0.816. The van der Waals surface area contributed by atoms with E-state index in [-0.39, 0.29) is 0 Å². The third kappa shape index (κ3) is 3.32. The monoisotopic (exact) mass is 250 g/mol. The molecule has 0 bridgehead atoms. The Balaban J connectivity index is 1.77. The predicted molar refractivity (Wildman–Crippen MR) is 67.6 cm³/mol. The smallest absolute Gasteiger partial charge is 0.407 e. The highest BCUT2D eigenvalue weighted by molar-refractivity contribution is 5.64. The zero-order chi connectivity index (χ0) is 13.0. The first-order valence-electron chi connectivity index (χ1n) is 6.16. The van der Waals surface area contributed by atoms with Gasteiger partial charge in [0, 0.05) is 31.5 Å². The van der Waals surface area contributed by atoms with Crippen molar-refractivity contribution in [1.82, 2.24) is 14.9 Å². The quantitative estimate of drug-likeness (QED) is 0.851. The van der Waals surface area contributed by atoms with Crippen molar-refractivity contribution in [1.29, 1.82) is 0 Å². The second-order valence-corrected chi connectivity index (χ2v) is 4.62. The Morgan fingerprint density at radius 3 is 2.89 bits per heavy atom. The van der Waals surface area contributed by atoms with Crippen LogP contribution in [0.5, 0.6) is 0 Å². The molecule has 1 amide bonds. The molecule has 18 heavy (non-hydrogen) atoms. The summed E-state index contributed by atoms with van der Waals surface area (Å²) in [6.07, 6.45) is 2.71. The molecule has 2 rings (SSSR count). The van der Waals surface area contributed by atoms with E-state index in [4.69, 9.17) is 5.11 Å². The van der Waals surface area contributed by atoms with E-state index in [0.29, 0.717) is 25.0 Å². The molecular formula is C12H18N4O2. The van der Waals surface area contributed by atoms with Gasteiger partial charge in [0.25, 0.3) is 0 Å². The van der Waals surface area contributed by atoms with Gasteiger partial charge in [-0.1, -0.05) is 0 Å². The van der Waals surface area contributed by atoms with Gasteiger partial charge in [0.1, 0.15) is 0 Å². The maximum atomic E-state index is 10.8. The SMILES string of the molecule is Cc1ccnc(NCC2CCN(C(=O)O)CC2)n1. The Hall–Kier alpha value is -1.85. The summed E-state index contributed by atoms with van der Waals surface area (Å²) in [7, 11) is 0. The van der Waals surface area contributed by atoms with Crippen LogP contribution in [-0.2, 0) is 0 Å². The Bertz CT molecular complexity index is 416. The number of aryl methyl sites for hydroxylation is 1. The zero-order valence-corrected chi connectivity index (χ0v) is 10.5. The van der Waals surface area contributed by atoms with Crippen LogP contribution in [0.25, 0.3) is 0 Å². The Labute approximate surface area is 106 Å². The fourth-order valence-electron chi connectivity index (χ4n) is 2.10. The van der Waals surface area contributed by atoms with Crippen molar-refractivity contribution in [3.8, 4) is 0 Å². The number of aromatic nitrogens is 2. The summed E-state index contributed by atoms with van der Waals surface area (Å²) in [4.78, 5) is 20.7. The first kappa shape index (κ1) is 12.6. The molecule has 2 heterocycles. The number of likely N-dealkylation sites (tertiary alicyclic amines) is 1. The van der Waals surface area contributed by atoms with E-state index < -0.39 is 6.09 Å². The van der Waals surface area contributed by atoms with Gasteiger partial charge < -0.3 is 15.3 Å². The molecule has 1 saturated heterocycles. The van der Waals surface area contributed by atoms with Crippen LogP contribution < -0.4 is 5.32 Å². The average molecular weight is 250 g/mol. The first-order chi connectivity index (χ1) is 8.65. The van der Waals surface area contributed by atoms with Crippen LogP contribution in [0.4, 0.5) is 10.7 Å². The zero-order valence-electron chi connectivity index (χ0n) is 10.5. The summed E-state index contributed by atoms with van der Waals surface area (Å²) in [5.74, 6) is 1.14. The molecule has 0 saturated carbocycles. The van der Waals surface area contributed by atoms with E-state index in [2.05, 4.69) is 15.3 Å². The summed E-state index contributed by atoms with van der Waals surface area (Å²) in [5, 5.41) is 12.1. The number of anilines is 1. The van der Waals surface area contributed by atoms with E-state index in [9.17, 15) is 4.79 Å². The molecular weight excluding hydrogens is 232 g/mol. The second-order valence-electron chi connectivity index (χ2n) is 4.62. The number of carboxylic acid groups (broad SMARTS) is 1. The third-order valence-corrected chi connectivity index (χ3v) is 3.23. The summed E-state index contributed by atoms with van der Waals surface area (Å²) in [6.45, 7) is 3.97. The molecule has 0 unspecified atom stereocenters. The minimum absolute atomic E-state index is 0.490. The molecule has 1 aromatic rings. The van der Waals surface area contributed by atoms with Crippen LogP contribution >= 0.6 is 0 Å². The van der Waals surface area contributed by atoms with Crippen molar-refractivity contribution in [2.45, 2.75) is 19.8 Å². The van der Waals surface area contributed by atoms with E-state index in [1.165, 1.54) is 4.90 Å². The van der Waals surface area contributed by atoms with Crippen LogP contribution in [-0.4, -0.2) is 45.7 Å².